The zero-order valence-corrected chi connectivity index (χ0v) is 24.1. The van der Waals surface area contributed by atoms with Crippen molar-refractivity contribution in [3.8, 4) is 0 Å². The summed E-state index contributed by atoms with van der Waals surface area (Å²) in [5, 5.41) is 8.00. The number of hydrogen-bond acceptors (Lipinski definition) is 0. The Bertz CT molecular complexity index is 1760. The Kier molecular flexibility index (Phi) is 5.78. The van der Waals surface area contributed by atoms with Gasteiger partial charge in [0.15, 0.2) is 0 Å². The van der Waals surface area contributed by atoms with Crippen molar-refractivity contribution in [1.82, 2.24) is 0 Å². The average molecular weight is 591 g/mol. The molecule has 1 unspecified atom stereocenters. The summed E-state index contributed by atoms with van der Waals surface area (Å²) in [7, 11) is 0. The maximum atomic E-state index is 4.54. The second kappa shape index (κ2) is 9.45. The van der Waals surface area contributed by atoms with Crippen molar-refractivity contribution in [2.45, 2.75) is 3.93 Å². The van der Waals surface area contributed by atoms with Crippen LogP contribution >= 0.6 is 0 Å². The molecule has 0 bridgehead atoms. The Morgan fingerprint density at radius 1 is 0.447 bits per heavy atom. The van der Waals surface area contributed by atoms with Gasteiger partial charge in [-0.3, -0.25) is 0 Å². The molecule has 0 saturated carbocycles. The summed E-state index contributed by atoms with van der Waals surface area (Å²) in [4.78, 5) is 0. The Morgan fingerprint density at radius 2 is 0.895 bits per heavy atom. The normalized spacial score (nSPS) is 12.7. The third-order valence-corrected chi connectivity index (χ3v) is 23.2. The fraction of sp³-hybridized carbons (Fsp3) is 0.0270. The van der Waals surface area contributed by atoms with Crippen LogP contribution in [0.1, 0.15) is 9.50 Å². The molecule has 1 atom stereocenters. The van der Waals surface area contributed by atoms with Gasteiger partial charge in [-0.25, -0.2) is 0 Å². The van der Waals surface area contributed by atoms with Gasteiger partial charge in [0, 0.05) is 0 Å². The van der Waals surface area contributed by atoms with Crippen molar-refractivity contribution in [2.24, 2.45) is 0 Å². The van der Waals surface area contributed by atoms with Gasteiger partial charge in [0.05, 0.1) is 0 Å². The Morgan fingerprint density at radius 3 is 1.39 bits per heavy atom. The maximum absolute atomic E-state index is 4.54. The van der Waals surface area contributed by atoms with E-state index in [1.54, 1.807) is 0 Å². The first-order valence-electron chi connectivity index (χ1n) is 13.3. The van der Waals surface area contributed by atoms with Crippen molar-refractivity contribution in [3.05, 3.63) is 164 Å². The van der Waals surface area contributed by atoms with Crippen LogP contribution < -0.4 is 10.7 Å². The van der Waals surface area contributed by atoms with Crippen molar-refractivity contribution in [2.75, 3.05) is 0 Å². The second-order valence-corrected chi connectivity index (χ2v) is 21.5. The van der Waals surface area contributed by atoms with E-state index < -0.39 is 18.4 Å². The SMILES string of the molecule is C=C[CH](c1ccc2ccc3cccc4ccc1c2c34)[Sn]([c]1ccccc1)([c]1ccccc1)[c]1ccccc1. The zero-order valence-electron chi connectivity index (χ0n) is 21.2. The summed E-state index contributed by atoms with van der Waals surface area (Å²) in [6.45, 7) is 4.54. The van der Waals surface area contributed by atoms with Crippen molar-refractivity contribution in [1.29, 1.82) is 0 Å². The van der Waals surface area contributed by atoms with Gasteiger partial charge >= 0.3 is 229 Å². The van der Waals surface area contributed by atoms with Crippen LogP contribution in [-0.4, -0.2) is 18.4 Å². The molecule has 0 N–H and O–H groups in total. The van der Waals surface area contributed by atoms with Crippen LogP contribution in [0.25, 0.3) is 32.3 Å². The summed E-state index contributed by atoms with van der Waals surface area (Å²) in [6, 6.07) is 54.4. The third-order valence-electron chi connectivity index (χ3n) is 8.29. The molecule has 0 aliphatic carbocycles. The summed E-state index contributed by atoms with van der Waals surface area (Å²) in [5.74, 6) is 0. The van der Waals surface area contributed by atoms with E-state index in [1.165, 1.54) is 48.6 Å². The molecule has 0 aliphatic rings. The number of benzene rings is 7. The fourth-order valence-corrected chi connectivity index (χ4v) is 21.8. The minimum absolute atomic E-state index is 0.195. The summed E-state index contributed by atoms with van der Waals surface area (Å²) in [6.07, 6.45) is 2.26. The van der Waals surface area contributed by atoms with Gasteiger partial charge in [-0.2, -0.15) is 0 Å². The van der Waals surface area contributed by atoms with Gasteiger partial charge in [-0.15, -0.1) is 0 Å². The molecule has 0 fully saturated rings. The van der Waals surface area contributed by atoms with E-state index in [4.69, 9.17) is 0 Å². The van der Waals surface area contributed by atoms with E-state index >= 15 is 0 Å². The van der Waals surface area contributed by atoms with Crippen LogP contribution in [0.3, 0.4) is 0 Å². The molecule has 7 rings (SSSR count). The van der Waals surface area contributed by atoms with Crippen LogP contribution in [0, 0.1) is 0 Å². The van der Waals surface area contributed by atoms with Gasteiger partial charge in [0.2, 0.25) is 0 Å². The van der Waals surface area contributed by atoms with Gasteiger partial charge < -0.3 is 0 Å². The molecule has 7 aromatic rings. The molecule has 180 valence electrons. The molecule has 0 aromatic heterocycles. The first-order chi connectivity index (χ1) is 18.8. The monoisotopic (exact) mass is 592 g/mol. The molecule has 7 aromatic carbocycles. The van der Waals surface area contributed by atoms with E-state index in [-0.39, 0.29) is 3.93 Å². The van der Waals surface area contributed by atoms with E-state index in [2.05, 4.69) is 158 Å². The van der Waals surface area contributed by atoms with Crippen LogP contribution in [0.15, 0.2) is 158 Å². The molecule has 0 aliphatic heterocycles. The predicted molar refractivity (Wildman–Crippen MR) is 167 cm³/mol. The number of allylic oxidation sites excluding steroid dienone is 1. The average Bonchev–Trinajstić information content (AvgIpc) is 3.00. The molecule has 0 amide bonds. The molecule has 0 saturated heterocycles. The summed E-state index contributed by atoms with van der Waals surface area (Å²) in [5.41, 5.74) is 1.39. The fourth-order valence-electron chi connectivity index (χ4n) is 6.71. The molecule has 0 radical (unpaired) electrons. The van der Waals surface area contributed by atoms with Crippen LogP contribution in [0.2, 0.25) is 0 Å². The van der Waals surface area contributed by atoms with E-state index in [0.29, 0.717) is 0 Å². The van der Waals surface area contributed by atoms with Crippen LogP contribution in [-0.2, 0) is 0 Å². The van der Waals surface area contributed by atoms with Crippen molar-refractivity contribution < 1.29 is 0 Å². The van der Waals surface area contributed by atoms with Crippen molar-refractivity contribution in [3.63, 3.8) is 0 Å². The molecule has 38 heavy (non-hydrogen) atoms. The summed E-state index contributed by atoms with van der Waals surface area (Å²) >= 11 is -3.74. The Hall–Kier alpha value is -3.88. The molecule has 0 spiro atoms. The first kappa shape index (κ1) is 23.3. The standard InChI is InChI=1S/C19H13.3C6H5.Sn/c1-2-4-13-7-8-16-10-9-14-5-3-6-15-11-12-17(13)19(16)18(14)15;3*1-2-4-6-5-3-1;/h2-12H,1H2;3*1-5H;. The molecular formula is C37H28Sn. The molecular weight excluding hydrogens is 563 g/mol. The van der Waals surface area contributed by atoms with E-state index in [0.717, 1.165) is 0 Å². The van der Waals surface area contributed by atoms with Gasteiger partial charge in [0.25, 0.3) is 0 Å². The van der Waals surface area contributed by atoms with Crippen LogP contribution in [0.5, 0.6) is 0 Å². The van der Waals surface area contributed by atoms with Crippen LogP contribution in [0.4, 0.5) is 0 Å². The summed E-state index contributed by atoms with van der Waals surface area (Å²) < 4.78 is 4.60. The third kappa shape index (κ3) is 3.44. The minimum atomic E-state index is -3.74. The predicted octanol–water partition coefficient (Wildman–Crippen LogP) is 7.56. The van der Waals surface area contributed by atoms with Gasteiger partial charge in [-0.1, -0.05) is 0 Å². The quantitative estimate of drug-likeness (QED) is 0.106. The molecule has 0 heterocycles. The van der Waals surface area contributed by atoms with Crippen molar-refractivity contribution >= 4 is 61.4 Å². The topological polar surface area (TPSA) is 0 Å². The Balaban J connectivity index is 1.62. The molecule has 0 nitrogen and oxygen atoms in total. The first-order valence-corrected chi connectivity index (χ1v) is 19.2. The van der Waals surface area contributed by atoms with Gasteiger partial charge in [-0.05, 0) is 0 Å². The van der Waals surface area contributed by atoms with Gasteiger partial charge in [0.1, 0.15) is 0 Å². The second-order valence-electron chi connectivity index (χ2n) is 10.1. The van der Waals surface area contributed by atoms with E-state index in [1.807, 2.05) is 0 Å². The number of hydrogen-bond donors (Lipinski definition) is 0. The number of rotatable bonds is 6. The van der Waals surface area contributed by atoms with E-state index in [9.17, 15) is 0 Å². The zero-order chi connectivity index (χ0) is 25.5. The Labute approximate surface area is 228 Å². The molecule has 1 heteroatoms.